The van der Waals surface area contributed by atoms with Gasteiger partial charge in [-0.2, -0.15) is 0 Å². The maximum absolute atomic E-state index is 11.8. The molecule has 1 aromatic carbocycles. The normalized spacial score (nSPS) is 22.3. The first-order valence-corrected chi connectivity index (χ1v) is 7.78. The number of rotatable bonds is 5. The molecule has 0 saturated heterocycles. The molecule has 0 spiro atoms. The molecule has 1 saturated carbocycles. The second kappa shape index (κ2) is 7.64. The van der Waals surface area contributed by atoms with Gasteiger partial charge in [-0.05, 0) is 43.9 Å². The van der Waals surface area contributed by atoms with Gasteiger partial charge in [-0.15, -0.1) is 0 Å². The molecule has 5 heteroatoms. The smallest absolute Gasteiger partial charge is 0.223 e. The second-order valence-electron chi connectivity index (χ2n) is 5.13. The highest BCUT2D eigenvalue weighted by Gasteiger charge is 2.20. The van der Waals surface area contributed by atoms with Crippen LogP contribution in [0.2, 0.25) is 0 Å². The summed E-state index contributed by atoms with van der Waals surface area (Å²) in [5.41, 5.74) is 0. The molecule has 0 aromatic heterocycles. The Kier molecular flexibility index (Phi) is 5.86. The molecule has 2 rings (SSSR count). The Morgan fingerprint density at radius 3 is 2.80 bits per heavy atom. The average Bonchev–Trinajstić information content (AvgIpc) is 2.41. The van der Waals surface area contributed by atoms with Crippen LogP contribution in [0.4, 0.5) is 0 Å². The average molecular weight is 342 g/mol. The van der Waals surface area contributed by atoms with Crippen molar-refractivity contribution in [3.05, 3.63) is 28.7 Å². The monoisotopic (exact) mass is 341 g/mol. The lowest BCUT2D eigenvalue weighted by Crippen LogP contribution is -2.39. The number of ether oxygens (including phenoxy) is 1. The Morgan fingerprint density at radius 1 is 1.35 bits per heavy atom. The molecule has 20 heavy (non-hydrogen) atoms. The van der Waals surface area contributed by atoms with E-state index in [4.69, 9.17) is 4.74 Å². The third-order valence-electron chi connectivity index (χ3n) is 3.46. The summed E-state index contributed by atoms with van der Waals surface area (Å²) in [5.74, 6) is 0.773. The summed E-state index contributed by atoms with van der Waals surface area (Å²) in [7, 11) is 0. The van der Waals surface area contributed by atoms with Crippen LogP contribution in [0.1, 0.15) is 32.1 Å². The Labute approximate surface area is 127 Å². The SMILES string of the molecule is O=C(CCOc1cccc(Br)c1)NC1CCC(O)CC1. The quantitative estimate of drug-likeness (QED) is 0.865. The molecule has 0 unspecified atom stereocenters. The van der Waals surface area contributed by atoms with Crippen molar-refractivity contribution in [3.63, 3.8) is 0 Å². The summed E-state index contributed by atoms with van der Waals surface area (Å²) in [6, 6.07) is 7.77. The van der Waals surface area contributed by atoms with Crippen molar-refractivity contribution in [2.75, 3.05) is 6.61 Å². The third-order valence-corrected chi connectivity index (χ3v) is 3.95. The number of nitrogens with one attached hydrogen (secondary N) is 1. The number of aliphatic hydroxyl groups excluding tert-OH is 1. The number of hydrogen-bond donors (Lipinski definition) is 2. The molecule has 0 aliphatic heterocycles. The molecule has 1 aliphatic carbocycles. The highest BCUT2D eigenvalue weighted by molar-refractivity contribution is 9.10. The zero-order chi connectivity index (χ0) is 14.4. The van der Waals surface area contributed by atoms with Gasteiger partial charge in [0.2, 0.25) is 5.91 Å². The molecule has 0 bridgehead atoms. The van der Waals surface area contributed by atoms with Gasteiger partial charge < -0.3 is 15.2 Å². The van der Waals surface area contributed by atoms with E-state index in [9.17, 15) is 9.90 Å². The van der Waals surface area contributed by atoms with Crippen molar-refractivity contribution in [3.8, 4) is 5.75 Å². The van der Waals surface area contributed by atoms with Crippen LogP contribution in [0.3, 0.4) is 0 Å². The number of aliphatic hydroxyl groups is 1. The molecule has 4 nitrogen and oxygen atoms in total. The van der Waals surface area contributed by atoms with Gasteiger partial charge in [0.05, 0.1) is 19.1 Å². The van der Waals surface area contributed by atoms with E-state index in [1.54, 1.807) is 0 Å². The highest BCUT2D eigenvalue weighted by atomic mass is 79.9. The van der Waals surface area contributed by atoms with E-state index in [2.05, 4.69) is 21.2 Å². The summed E-state index contributed by atoms with van der Waals surface area (Å²) < 4.78 is 6.49. The van der Waals surface area contributed by atoms with Gasteiger partial charge in [0.1, 0.15) is 5.75 Å². The molecule has 1 aliphatic rings. The lowest BCUT2D eigenvalue weighted by molar-refractivity contribution is -0.122. The van der Waals surface area contributed by atoms with Crippen LogP contribution in [0.5, 0.6) is 5.75 Å². The molecule has 0 atom stereocenters. The molecular weight excluding hydrogens is 322 g/mol. The van der Waals surface area contributed by atoms with Crippen LogP contribution >= 0.6 is 15.9 Å². The van der Waals surface area contributed by atoms with E-state index in [0.29, 0.717) is 13.0 Å². The summed E-state index contributed by atoms with van der Waals surface area (Å²) >= 11 is 3.37. The van der Waals surface area contributed by atoms with E-state index < -0.39 is 0 Å². The number of hydrogen-bond acceptors (Lipinski definition) is 3. The third kappa shape index (κ3) is 5.13. The minimum atomic E-state index is -0.192. The fraction of sp³-hybridized carbons (Fsp3) is 0.533. The van der Waals surface area contributed by atoms with E-state index in [-0.39, 0.29) is 18.1 Å². The highest BCUT2D eigenvalue weighted by Crippen LogP contribution is 2.19. The standard InChI is InChI=1S/C15H20BrNO3/c16-11-2-1-3-14(10-11)20-9-8-15(19)17-12-4-6-13(18)7-5-12/h1-3,10,12-13,18H,4-9H2,(H,17,19). The summed E-state index contributed by atoms with van der Waals surface area (Å²) in [4.78, 5) is 11.8. The van der Waals surface area contributed by atoms with Gasteiger partial charge in [-0.25, -0.2) is 0 Å². The maximum Gasteiger partial charge on any atom is 0.223 e. The fourth-order valence-electron chi connectivity index (χ4n) is 2.34. The predicted molar refractivity (Wildman–Crippen MR) is 80.7 cm³/mol. The number of carbonyl (C=O) groups is 1. The minimum Gasteiger partial charge on any atom is -0.493 e. The van der Waals surface area contributed by atoms with Crippen LogP contribution in [-0.4, -0.2) is 29.8 Å². The zero-order valence-electron chi connectivity index (χ0n) is 11.3. The zero-order valence-corrected chi connectivity index (χ0v) is 12.9. The van der Waals surface area contributed by atoms with Crippen LogP contribution in [-0.2, 0) is 4.79 Å². The van der Waals surface area contributed by atoms with Gasteiger partial charge in [0, 0.05) is 10.5 Å². The molecule has 0 radical (unpaired) electrons. The molecular formula is C15H20BrNO3. The van der Waals surface area contributed by atoms with Crippen LogP contribution in [0, 0.1) is 0 Å². The maximum atomic E-state index is 11.8. The molecule has 110 valence electrons. The topological polar surface area (TPSA) is 58.6 Å². The fourth-order valence-corrected chi connectivity index (χ4v) is 2.72. The molecule has 1 amide bonds. The summed E-state index contributed by atoms with van der Waals surface area (Å²) in [5, 5.41) is 12.4. The molecule has 0 heterocycles. The number of benzene rings is 1. The Bertz CT molecular complexity index is 444. The predicted octanol–water partition coefficient (Wildman–Crippen LogP) is 2.64. The van der Waals surface area contributed by atoms with Crippen molar-refractivity contribution in [2.24, 2.45) is 0 Å². The van der Waals surface area contributed by atoms with Gasteiger partial charge in [0.15, 0.2) is 0 Å². The van der Waals surface area contributed by atoms with Crippen LogP contribution < -0.4 is 10.1 Å². The number of halogens is 1. The lowest BCUT2D eigenvalue weighted by Gasteiger charge is -2.26. The minimum absolute atomic E-state index is 0.0152. The molecule has 1 aromatic rings. The first-order valence-electron chi connectivity index (χ1n) is 6.99. The first kappa shape index (κ1) is 15.3. The summed E-state index contributed by atoms with van der Waals surface area (Å²) in [6.45, 7) is 0.373. The Hall–Kier alpha value is -1.07. The Morgan fingerprint density at radius 2 is 2.10 bits per heavy atom. The lowest BCUT2D eigenvalue weighted by atomic mass is 9.93. The molecule has 1 fully saturated rings. The summed E-state index contributed by atoms with van der Waals surface area (Å²) in [6.07, 6.45) is 3.44. The van der Waals surface area contributed by atoms with E-state index in [1.165, 1.54) is 0 Å². The van der Waals surface area contributed by atoms with E-state index in [0.717, 1.165) is 35.9 Å². The van der Waals surface area contributed by atoms with Gasteiger partial charge in [-0.3, -0.25) is 4.79 Å². The van der Waals surface area contributed by atoms with Crippen molar-refractivity contribution < 1.29 is 14.6 Å². The van der Waals surface area contributed by atoms with Gasteiger partial charge in [-0.1, -0.05) is 22.0 Å². The van der Waals surface area contributed by atoms with Crippen molar-refractivity contribution in [1.82, 2.24) is 5.32 Å². The number of amides is 1. The van der Waals surface area contributed by atoms with Crippen molar-refractivity contribution in [2.45, 2.75) is 44.2 Å². The Balaban J connectivity index is 1.65. The van der Waals surface area contributed by atoms with Gasteiger partial charge in [0.25, 0.3) is 0 Å². The van der Waals surface area contributed by atoms with E-state index in [1.807, 2.05) is 24.3 Å². The van der Waals surface area contributed by atoms with Gasteiger partial charge >= 0.3 is 0 Å². The van der Waals surface area contributed by atoms with E-state index >= 15 is 0 Å². The van der Waals surface area contributed by atoms with Crippen molar-refractivity contribution in [1.29, 1.82) is 0 Å². The largest absolute Gasteiger partial charge is 0.493 e. The second-order valence-corrected chi connectivity index (χ2v) is 6.04. The first-order chi connectivity index (χ1) is 9.63. The number of carbonyl (C=O) groups excluding carboxylic acids is 1. The van der Waals surface area contributed by atoms with Crippen LogP contribution in [0.25, 0.3) is 0 Å². The van der Waals surface area contributed by atoms with Crippen LogP contribution in [0.15, 0.2) is 28.7 Å². The van der Waals surface area contributed by atoms with Crippen molar-refractivity contribution >= 4 is 21.8 Å². The molecule has 2 N–H and O–H groups in total.